The fourth-order valence-corrected chi connectivity index (χ4v) is 0.668. The summed E-state index contributed by atoms with van der Waals surface area (Å²) < 4.78 is 5.37. The predicted octanol–water partition coefficient (Wildman–Crippen LogP) is 1.67. The number of hydrogen-bond acceptors (Lipinski definition) is 2. The number of hydrogen-bond donors (Lipinski definition) is 0. The van der Waals surface area contributed by atoms with Gasteiger partial charge in [-0.15, -0.1) is 0 Å². The van der Waals surface area contributed by atoms with Crippen molar-refractivity contribution in [2.24, 2.45) is 0 Å². The molecule has 0 radical (unpaired) electrons. The third-order valence-corrected chi connectivity index (χ3v) is 1.80. The molecular weight excluding hydrogens is 166 g/mol. The number of carbonyl (C=O) groups excluding carboxylic acids is 1. The summed E-state index contributed by atoms with van der Waals surface area (Å²) in [6.45, 7) is 9.95. The van der Waals surface area contributed by atoms with Crippen LogP contribution in [0, 0.1) is 0 Å². The Hall–Kier alpha value is -0.570. The molecule has 0 aromatic carbocycles. The molecule has 0 atom stereocenters. The maximum absolute atomic E-state index is 11.4. The van der Waals surface area contributed by atoms with Crippen LogP contribution in [0.25, 0.3) is 0 Å². The van der Waals surface area contributed by atoms with Crippen LogP contribution in [0.3, 0.4) is 0 Å². The molecule has 1 amide bonds. The summed E-state index contributed by atoms with van der Waals surface area (Å²) in [7, 11) is 1.79. The summed E-state index contributed by atoms with van der Waals surface area (Å²) in [6, 6.07) is 0.232. The van der Waals surface area contributed by atoms with E-state index in [0.717, 1.165) is 0 Å². The first-order valence-corrected chi connectivity index (χ1v) is 4.63. The molecular formula is C10H21NO2. The van der Waals surface area contributed by atoms with E-state index in [0.29, 0.717) is 0 Å². The molecule has 3 heteroatoms. The van der Waals surface area contributed by atoms with Gasteiger partial charge in [0.15, 0.2) is 0 Å². The molecule has 0 aromatic rings. The number of rotatable bonds is 3. The largest absolute Gasteiger partial charge is 0.366 e. The summed E-state index contributed by atoms with van der Waals surface area (Å²) in [5.74, 6) is 0.0323. The van der Waals surface area contributed by atoms with Crippen LogP contribution < -0.4 is 0 Å². The molecule has 0 fully saturated rings. The first-order valence-electron chi connectivity index (χ1n) is 4.63. The van der Waals surface area contributed by atoms with Gasteiger partial charge >= 0.3 is 0 Å². The molecule has 0 bridgehead atoms. The minimum Gasteiger partial charge on any atom is -0.366 e. The third-order valence-electron chi connectivity index (χ3n) is 1.80. The number of likely N-dealkylation sites (N-methyl/N-ethyl adjacent to an activating group) is 1. The Labute approximate surface area is 81.1 Å². The number of nitrogens with zero attached hydrogens (tertiary/aromatic N) is 1. The second-order valence-electron chi connectivity index (χ2n) is 4.50. The summed E-state index contributed by atoms with van der Waals surface area (Å²) in [6.07, 6.45) is 0. The standard InChI is InChI=1S/C10H21NO2/c1-8(2)11(6)9(12)7-13-10(3,4)5/h8H,7H2,1-6H3. The number of amides is 1. The predicted molar refractivity (Wildman–Crippen MR) is 53.6 cm³/mol. The minimum atomic E-state index is -0.243. The Morgan fingerprint density at radius 2 is 1.85 bits per heavy atom. The molecule has 0 unspecified atom stereocenters. The average molecular weight is 187 g/mol. The molecule has 0 aliphatic rings. The Bertz CT molecular complexity index is 170. The minimum absolute atomic E-state index is 0.0323. The Kier molecular flexibility index (Phi) is 4.40. The zero-order valence-corrected chi connectivity index (χ0v) is 9.55. The second kappa shape index (κ2) is 4.61. The van der Waals surface area contributed by atoms with E-state index in [1.807, 2.05) is 34.6 Å². The van der Waals surface area contributed by atoms with Gasteiger partial charge in [-0.05, 0) is 34.6 Å². The summed E-state index contributed by atoms with van der Waals surface area (Å²) in [4.78, 5) is 13.1. The van der Waals surface area contributed by atoms with Gasteiger partial charge in [-0.1, -0.05) is 0 Å². The monoisotopic (exact) mass is 187 g/mol. The van der Waals surface area contributed by atoms with Gasteiger partial charge in [0.2, 0.25) is 5.91 Å². The molecule has 0 aromatic heterocycles. The highest BCUT2D eigenvalue weighted by Gasteiger charge is 2.16. The second-order valence-corrected chi connectivity index (χ2v) is 4.50. The molecule has 78 valence electrons. The van der Waals surface area contributed by atoms with Crippen molar-refractivity contribution in [2.45, 2.75) is 46.3 Å². The van der Waals surface area contributed by atoms with Crippen molar-refractivity contribution in [1.82, 2.24) is 4.90 Å². The van der Waals surface area contributed by atoms with E-state index in [1.165, 1.54) is 0 Å². The van der Waals surface area contributed by atoms with Gasteiger partial charge in [0.25, 0.3) is 0 Å². The maximum atomic E-state index is 11.4. The van der Waals surface area contributed by atoms with Crippen LogP contribution in [0.2, 0.25) is 0 Å². The number of carbonyl (C=O) groups is 1. The highest BCUT2D eigenvalue weighted by Crippen LogP contribution is 2.07. The van der Waals surface area contributed by atoms with Crippen molar-refractivity contribution < 1.29 is 9.53 Å². The molecule has 0 saturated carbocycles. The first kappa shape index (κ1) is 12.4. The van der Waals surface area contributed by atoms with Gasteiger partial charge in [-0.25, -0.2) is 0 Å². The molecule has 0 spiro atoms. The van der Waals surface area contributed by atoms with Gasteiger partial charge in [-0.2, -0.15) is 0 Å². The van der Waals surface area contributed by atoms with Crippen molar-refractivity contribution in [3.63, 3.8) is 0 Å². The van der Waals surface area contributed by atoms with E-state index in [-0.39, 0.29) is 24.2 Å². The van der Waals surface area contributed by atoms with Crippen LogP contribution in [0.4, 0.5) is 0 Å². The summed E-state index contributed by atoms with van der Waals surface area (Å²) in [5, 5.41) is 0. The summed E-state index contributed by atoms with van der Waals surface area (Å²) >= 11 is 0. The van der Waals surface area contributed by atoms with Crippen LogP contribution in [-0.4, -0.2) is 36.1 Å². The molecule has 13 heavy (non-hydrogen) atoms. The SMILES string of the molecule is CC(C)N(C)C(=O)COC(C)(C)C. The van der Waals surface area contributed by atoms with Crippen molar-refractivity contribution in [1.29, 1.82) is 0 Å². The van der Waals surface area contributed by atoms with Gasteiger partial charge in [0.1, 0.15) is 6.61 Å². The van der Waals surface area contributed by atoms with Crippen LogP contribution in [0.1, 0.15) is 34.6 Å². The topological polar surface area (TPSA) is 29.5 Å². The van der Waals surface area contributed by atoms with Crippen LogP contribution >= 0.6 is 0 Å². The normalized spacial score (nSPS) is 11.9. The third kappa shape index (κ3) is 5.64. The maximum Gasteiger partial charge on any atom is 0.248 e. The van der Waals surface area contributed by atoms with Crippen molar-refractivity contribution in [2.75, 3.05) is 13.7 Å². The van der Waals surface area contributed by atoms with Gasteiger partial charge in [-0.3, -0.25) is 4.79 Å². The van der Waals surface area contributed by atoms with Gasteiger partial charge in [0, 0.05) is 13.1 Å². The van der Waals surface area contributed by atoms with E-state index < -0.39 is 0 Å². The zero-order valence-electron chi connectivity index (χ0n) is 9.55. The lowest BCUT2D eigenvalue weighted by Gasteiger charge is -2.24. The fourth-order valence-electron chi connectivity index (χ4n) is 0.668. The van der Waals surface area contributed by atoms with E-state index in [9.17, 15) is 4.79 Å². The van der Waals surface area contributed by atoms with Crippen LogP contribution in [0.15, 0.2) is 0 Å². The van der Waals surface area contributed by atoms with Gasteiger partial charge in [0.05, 0.1) is 5.60 Å². The Morgan fingerprint density at radius 3 is 2.15 bits per heavy atom. The molecule has 0 aliphatic heterocycles. The highest BCUT2D eigenvalue weighted by atomic mass is 16.5. The lowest BCUT2D eigenvalue weighted by atomic mass is 10.2. The molecule has 0 rings (SSSR count). The van der Waals surface area contributed by atoms with E-state index >= 15 is 0 Å². The number of ether oxygens (including phenoxy) is 1. The molecule has 0 N–H and O–H groups in total. The summed E-state index contributed by atoms with van der Waals surface area (Å²) in [5.41, 5.74) is -0.243. The van der Waals surface area contributed by atoms with Crippen LogP contribution in [-0.2, 0) is 9.53 Å². The lowest BCUT2D eigenvalue weighted by molar-refractivity contribution is -0.141. The molecule has 3 nitrogen and oxygen atoms in total. The quantitative estimate of drug-likeness (QED) is 0.672. The van der Waals surface area contributed by atoms with Gasteiger partial charge < -0.3 is 9.64 Å². The Morgan fingerprint density at radius 1 is 1.38 bits per heavy atom. The first-order chi connectivity index (χ1) is 5.74. The molecule has 0 aliphatic carbocycles. The molecule has 0 saturated heterocycles. The van der Waals surface area contributed by atoms with Crippen LogP contribution in [0.5, 0.6) is 0 Å². The van der Waals surface area contributed by atoms with E-state index in [2.05, 4.69) is 0 Å². The fraction of sp³-hybridized carbons (Fsp3) is 0.900. The van der Waals surface area contributed by atoms with Crippen molar-refractivity contribution in [3.8, 4) is 0 Å². The molecule has 0 heterocycles. The van der Waals surface area contributed by atoms with E-state index in [1.54, 1.807) is 11.9 Å². The van der Waals surface area contributed by atoms with Crippen molar-refractivity contribution >= 4 is 5.91 Å². The lowest BCUT2D eigenvalue weighted by Crippen LogP contribution is -2.37. The Balaban J connectivity index is 3.89. The zero-order chi connectivity index (χ0) is 10.6. The smallest absolute Gasteiger partial charge is 0.248 e. The average Bonchev–Trinajstić information content (AvgIpc) is 1.97. The van der Waals surface area contributed by atoms with E-state index in [4.69, 9.17) is 4.74 Å². The van der Waals surface area contributed by atoms with Crippen molar-refractivity contribution in [3.05, 3.63) is 0 Å². The highest BCUT2D eigenvalue weighted by molar-refractivity contribution is 5.77.